The molecule has 0 spiro atoms. The number of hydrogen-bond donors (Lipinski definition) is 3. The van der Waals surface area contributed by atoms with Crippen molar-refractivity contribution in [1.29, 1.82) is 0 Å². The van der Waals surface area contributed by atoms with Crippen LogP contribution in [0.4, 0.5) is 34.3 Å². The number of hydrogen-bond acceptors (Lipinski definition) is 8. The molecule has 3 aliphatic rings. The fraction of sp³-hybridized carbons (Fsp3) is 0.278. The molecule has 3 N–H and O–H groups in total. The van der Waals surface area contributed by atoms with E-state index in [1.54, 1.807) is 12.4 Å². The fourth-order valence-corrected chi connectivity index (χ4v) is 7.16. The molecule has 5 aromatic rings. The smallest absolute Gasteiger partial charge is 0.256 e. The Balaban J connectivity index is 1.03. The van der Waals surface area contributed by atoms with Gasteiger partial charge in [-0.3, -0.25) is 19.7 Å². The van der Waals surface area contributed by atoms with Crippen LogP contribution in [-0.2, 0) is 12.8 Å². The van der Waals surface area contributed by atoms with E-state index in [4.69, 9.17) is 0 Å². The van der Waals surface area contributed by atoms with Gasteiger partial charge in [-0.2, -0.15) is 0 Å². The molecule has 9 nitrogen and oxygen atoms in total. The van der Waals surface area contributed by atoms with E-state index in [1.165, 1.54) is 24.1 Å². The van der Waals surface area contributed by atoms with Gasteiger partial charge in [0.05, 0.1) is 5.52 Å². The zero-order valence-corrected chi connectivity index (χ0v) is 25.3. The lowest BCUT2D eigenvalue weighted by molar-refractivity contribution is 0.102. The van der Waals surface area contributed by atoms with E-state index in [2.05, 4.69) is 65.9 Å². The van der Waals surface area contributed by atoms with E-state index in [1.807, 2.05) is 54.9 Å². The van der Waals surface area contributed by atoms with Crippen molar-refractivity contribution in [2.45, 2.75) is 44.2 Å². The van der Waals surface area contributed by atoms with Crippen LogP contribution >= 0.6 is 0 Å². The fourth-order valence-electron chi connectivity index (χ4n) is 7.16. The summed E-state index contributed by atoms with van der Waals surface area (Å²) in [4.78, 5) is 32.1. The molecular weight excluding hydrogens is 560 g/mol. The minimum atomic E-state index is -0.197. The average molecular weight is 597 g/mol. The zero-order valence-electron chi connectivity index (χ0n) is 25.3. The van der Waals surface area contributed by atoms with Gasteiger partial charge in [0.15, 0.2) is 0 Å². The van der Waals surface area contributed by atoms with E-state index in [-0.39, 0.29) is 5.91 Å². The Kier molecular flexibility index (Phi) is 7.02. The van der Waals surface area contributed by atoms with Gasteiger partial charge in [-0.25, -0.2) is 4.98 Å². The van der Waals surface area contributed by atoms with Crippen LogP contribution in [0.15, 0.2) is 85.5 Å². The number of nitrogens with one attached hydrogen (secondary N) is 3. The molecule has 3 aromatic heterocycles. The average Bonchev–Trinajstić information content (AvgIpc) is 3.24. The number of rotatable bonds is 5. The maximum absolute atomic E-state index is 13.5. The molecular formula is C36H36N8O. The number of likely N-dealkylation sites (N-methyl/N-ethyl adjacent to an activating group) is 1. The molecule has 45 heavy (non-hydrogen) atoms. The molecule has 0 unspecified atom stereocenters. The third-order valence-corrected chi connectivity index (χ3v) is 9.67. The lowest BCUT2D eigenvalue weighted by Crippen LogP contribution is -2.52. The van der Waals surface area contributed by atoms with E-state index >= 15 is 0 Å². The number of carbonyl (C=O) groups excluding carboxylic acids is 1. The quantitative estimate of drug-likeness (QED) is 0.211. The number of aromatic nitrogens is 3. The Morgan fingerprint density at radius 1 is 0.911 bits per heavy atom. The third-order valence-electron chi connectivity index (χ3n) is 9.67. The molecule has 3 aliphatic heterocycles. The molecule has 2 atom stereocenters. The van der Waals surface area contributed by atoms with Crippen molar-refractivity contribution >= 4 is 51.1 Å². The summed E-state index contributed by atoms with van der Waals surface area (Å²) in [5.41, 5.74) is 8.72. The zero-order chi connectivity index (χ0) is 30.3. The second-order valence-electron chi connectivity index (χ2n) is 12.4. The van der Waals surface area contributed by atoms with E-state index in [9.17, 15) is 4.79 Å². The summed E-state index contributed by atoms with van der Waals surface area (Å²) >= 11 is 0. The van der Waals surface area contributed by atoms with Crippen LogP contribution in [-0.4, -0.2) is 58.0 Å². The predicted octanol–water partition coefficient (Wildman–Crippen LogP) is 6.54. The van der Waals surface area contributed by atoms with Gasteiger partial charge in [0, 0.05) is 94.9 Å². The van der Waals surface area contributed by atoms with E-state index < -0.39 is 0 Å². The van der Waals surface area contributed by atoms with Crippen LogP contribution in [0.5, 0.6) is 0 Å². The summed E-state index contributed by atoms with van der Waals surface area (Å²) in [6.45, 7) is 2.11. The number of anilines is 6. The highest BCUT2D eigenvalue weighted by Gasteiger charge is 2.37. The summed E-state index contributed by atoms with van der Waals surface area (Å²) in [5.74, 6) is 0.392. The molecule has 8 rings (SSSR count). The van der Waals surface area contributed by atoms with Gasteiger partial charge in [-0.05, 0) is 99.3 Å². The number of fused-ring (bicyclic) bond motifs is 5. The Labute approximate surface area is 262 Å². The lowest BCUT2D eigenvalue weighted by atomic mass is 10.00. The van der Waals surface area contributed by atoms with E-state index in [0.717, 1.165) is 71.6 Å². The summed E-state index contributed by atoms with van der Waals surface area (Å²) in [6, 6.07) is 21.4. The van der Waals surface area contributed by atoms with Crippen LogP contribution in [0.3, 0.4) is 0 Å². The van der Waals surface area contributed by atoms with Gasteiger partial charge in [0.25, 0.3) is 5.91 Å². The van der Waals surface area contributed by atoms with Crippen LogP contribution in [0.25, 0.3) is 10.9 Å². The second-order valence-corrected chi connectivity index (χ2v) is 12.4. The van der Waals surface area contributed by atoms with Crippen molar-refractivity contribution in [2.24, 2.45) is 0 Å². The minimum Gasteiger partial charge on any atom is -0.368 e. The number of aryl methyl sites for hydroxylation is 1. The highest BCUT2D eigenvalue weighted by molar-refractivity contribution is 6.05. The maximum atomic E-state index is 13.5. The van der Waals surface area contributed by atoms with Gasteiger partial charge in [0.1, 0.15) is 5.82 Å². The Morgan fingerprint density at radius 2 is 1.76 bits per heavy atom. The molecule has 2 bridgehead atoms. The van der Waals surface area contributed by atoms with Gasteiger partial charge < -0.3 is 20.9 Å². The first kappa shape index (κ1) is 27.5. The van der Waals surface area contributed by atoms with E-state index in [0.29, 0.717) is 23.5 Å². The summed E-state index contributed by atoms with van der Waals surface area (Å²) in [7, 11) is 2.27. The Morgan fingerprint density at radius 3 is 2.64 bits per heavy atom. The van der Waals surface area contributed by atoms with Gasteiger partial charge in [-0.15, -0.1) is 0 Å². The number of carbonyl (C=O) groups is 1. The molecule has 2 aromatic carbocycles. The highest BCUT2D eigenvalue weighted by atomic mass is 16.1. The summed E-state index contributed by atoms with van der Waals surface area (Å²) in [6.07, 6.45) is 12.5. The SMILES string of the molecule is CN1[C@@H]2CC[C@H]1CN(c1ccc3nccc(Nc4cccc(C(=O)Nc5nccc6c5CCCc5cnccc5N6)c4)c3c1)C2. The molecule has 1 amide bonds. The monoisotopic (exact) mass is 596 g/mol. The van der Waals surface area contributed by atoms with Crippen molar-refractivity contribution in [3.8, 4) is 0 Å². The first-order valence-electron chi connectivity index (χ1n) is 15.8. The van der Waals surface area contributed by atoms with Crippen molar-refractivity contribution in [3.63, 3.8) is 0 Å². The van der Waals surface area contributed by atoms with Gasteiger partial charge in [0.2, 0.25) is 0 Å². The Hall–Kier alpha value is -5.02. The van der Waals surface area contributed by atoms with Crippen molar-refractivity contribution in [2.75, 3.05) is 41.0 Å². The predicted molar refractivity (Wildman–Crippen MR) is 180 cm³/mol. The van der Waals surface area contributed by atoms with Crippen molar-refractivity contribution in [1.82, 2.24) is 19.9 Å². The topological polar surface area (TPSA) is 98.3 Å². The summed E-state index contributed by atoms with van der Waals surface area (Å²) < 4.78 is 0. The standard InChI is InChI=1S/C36H36N8O/c1-43-27-8-9-28(43)22-44(21-27)26-10-11-32-30(19-26)34(13-16-38-32)40-25-6-2-4-23(18-25)36(45)42-35-29-7-3-5-24-20-37-15-12-31(24)41-33(29)14-17-39-35/h2,4,6,10-20,27-28,41H,3,5,7-9,21-22H2,1H3,(H,38,40)(H,39,42,45)/t27-,28+. The van der Waals surface area contributed by atoms with Gasteiger partial charge in [-0.1, -0.05) is 6.07 Å². The van der Waals surface area contributed by atoms with Crippen LogP contribution in [0.1, 0.15) is 40.7 Å². The Bertz CT molecular complexity index is 1890. The van der Waals surface area contributed by atoms with Crippen LogP contribution in [0.2, 0.25) is 0 Å². The largest absolute Gasteiger partial charge is 0.368 e. The van der Waals surface area contributed by atoms with Crippen LogP contribution in [0, 0.1) is 0 Å². The molecule has 0 radical (unpaired) electrons. The molecule has 2 fully saturated rings. The summed E-state index contributed by atoms with van der Waals surface area (Å²) in [5, 5.41) is 11.3. The molecule has 0 saturated carbocycles. The molecule has 226 valence electrons. The normalized spacial score (nSPS) is 19.2. The maximum Gasteiger partial charge on any atom is 0.256 e. The first-order chi connectivity index (χ1) is 22.1. The van der Waals surface area contributed by atoms with Crippen molar-refractivity contribution in [3.05, 3.63) is 102 Å². The van der Waals surface area contributed by atoms with Crippen LogP contribution < -0.4 is 20.9 Å². The number of pyridine rings is 3. The lowest BCUT2D eigenvalue weighted by Gasteiger charge is -2.40. The number of benzene rings is 2. The number of nitrogens with zero attached hydrogens (tertiary/aromatic N) is 5. The molecule has 0 aliphatic carbocycles. The third kappa shape index (κ3) is 5.33. The first-order valence-corrected chi connectivity index (χ1v) is 15.8. The molecule has 9 heteroatoms. The highest BCUT2D eigenvalue weighted by Crippen LogP contribution is 2.35. The molecule has 2 saturated heterocycles. The second kappa shape index (κ2) is 11.5. The van der Waals surface area contributed by atoms with Crippen molar-refractivity contribution < 1.29 is 4.79 Å². The molecule has 6 heterocycles. The number of piperazine rings is 1. The number of amides is 1. The van der Waals surface area contributed by atoms with Gasteiger partial charge >= 0.3 is 0 Å². The minimum absolute atomic E-state index is 0.197.